The quantitative estimate of drug-likeness (QED) is 0.880. The van der Waals surface area contributed by atoms with E-state index in [0.29, 0.717) is 11.6 Å². The highest BCUT2D eigenvalue weighted by molar-refractivity contribution is 5.79. The minimum Gasteiger partial charge on any atom is -0.339 e. The molecular formula is C18H22FN5O. The third kappa shape index (κ3) is 4.00. The van der Waals surface area contributed by atoms with Crippen LogP contribution < -0.4 is 5.32 Å². The highest BCUT2D eigenvalue weighted by Crippen LogP contribution is 2.27. The van der Waals surface area contributed by atoms with Crippen molar-refractivity contribution in [2.24, 2.45) is 5.92 Å². The number of rotatable bonds is 5. The Hall–Kier alpha value is -2.38. The number of nitrogens with one attached hydrogen (secondary N) is 1. The van der Waals surface area contributed by atoms with Gasteiger partial charge in [0, 0.05) is 25.2 Å². The topological polar surface area (TPSA) is 84.8 Å². The molecule has 2 heterocycles. The molecule has 132 valence electrons. The molecule has 1 saturated carbocycles. The number of aromatic nitrogens is 1. The van der Waals surface area contributed by atoms with E-state index < -0.39 is 12.2 Å². The third-order valence-corrected chi connectivity index (χ3v) is 5.20. The summed E-state index contributed by atoms with van der Waals surface area (Å²) in [5.74, 6) is 0.272. The second kappa shape index (κ2) is 7.67. The average Bonchev–Trinajstić information content (AvgIpc) is 3.32. The van der Waals surface area contributed by atoms with Crippen LogP contribution >= 0.6 is 0 Å². The van der Waals surface area contributed by atoms with Gasteiger partial charge in [0.25, 0.3) is 0 Å². The number of hydrogen-bond acceptors (Lipinski definition) is 4. The smallest absolute Gasteiger partial charge is 0.237 e. The van der Waals surface area contributed by atoms with Crippen molar-refractivity contribution in [1.29, 1.82) is 10.5 Å². The Morgan fingerprint density at radius 1 is 1.36 bits per heavy atom. The molecule has 1 amide bonds. The maximum absolute atomic E-state index is 13.4. The zero-order valence-corrected chi connectivity index (χ0v) is 14.1. The van der Waals surface area contributed by atoms with Crippen LogP contribution in [-0.4, -0.2) is 46.7 Å². The van der Waals surface area contributed by atoms with E-state index in [9.17, 15) is 9.18 Å². The van der Waals surface area contributed by atoms with E-state index in [1.165, 1.54) is 4.90 Å². The van der Waals surface area contributed by atoms with Crippen LogP contribution in [0.5, 0.6) is 0 Å². The van der Waals surface area contributed by atoms with Crippen molar-refractivity contribution in [3.8, 4) is 12.1 Å². The van der Waals surface area contributed by atoms with E-state index in [4.69, 9.17) is 10.5 Å². The lowest BCUT2D eigenvalue weighted by Crippen LogP contribution is -2.43. The van der Waals surface area contributed by atoms with Gasteiger partial charge in [0.2, 0.25) is 5.91 Å². The average molecular weight is 343 g/mol. The lowest BCUT2D eigenvalue weighted by atomic mass is 10.1. The van der Waals surface area contributed by atoms with Gasteiger partial charge >= 0.3 is 0 Å². The van der Waals surface area contributed by atoms with Gasteiger partial charge in [0.05, 0.1) is 19.2 Å². The molecule has 6 nitrogen and oxygen atoms in total. The summed E-state index contributed by atoms with van der Waals surface area (Å²) in [6, 6.07) is 7.48. The van der Waals surface area contributed by atoms with Gasteiger partial charge in [0.15, 0.2) is 0 Å². The number of nitrogens with zero attached hydrogens (tertiary/aromatic N) is 4. The summed E-state index contributed by atoms with van der Waals surface area (Å²) in [6.45, 7) is 0.986. The summed E-state index contributed by atoms with van der Waals surface area (Å²) in [5, 5.41) is 21.4. The van der Waals surface area contributed by atoms with Crippen molar-refractivity contribution >= 4 is 5.91 Å². The van der Waals surface area contributed by atoms with Gasteiger partial charge in [-0.25, -0.2) is 4.39 Å². The van der Waals surface area contributed by atoms with Crippen LogP contribution in [0.2, 0.25) is 0 Å². The molecule has 0 radical (unpaired) electrons. The first-order valence-corrected chi connectivity index (χ1v) is 8.72. The normalized spacial score (nSPS) is 28.7. The SMILES string of the molecule is N#Cc1cccn1CC1CCC(NCC(=O)N2CC(F)CC2C#N)C1. The predicted octanol–water partition coefficient (Wildman–Crippen LogP) is 1.58. The minimum atomic E-state index is -1.10. The molecular weight excluding hydrogens is 321 g/mol. The molecule has 0 aromatic carbocycles. The number of amides is 1. The van der Waals surface area contributed by atoms with Crippen molar-refractivity contribution in [3.05, 3.63) is 24.0 Å². The fraction of sp³-hybridized carbons (Fsp3) is 0.611. The van der Waals surface area contributed by atoms with E-state index >= 15 is 0 Å². The molecule has 1 N–H and O–H groups in total. The lowest BCUT2D eigenvalue weighted by molar-refractivity contribution is -0.130. The van der Waals surface area contributed by atoms with Crippen LogP contribution in [0.4, 0.5) is 4.39 Å². The number of hydrogen-bond donors (Lipinski definition) is 1. The molecule has 25 heavy (non-hydrogen) atoms. The first-order valence-electron chi connectivity index (χ1n) is 8.72. The molecule has 0 spiro atoms. The summed E-state index contributed by atoms with van der Waals surface area (Å²) in [4.78, 5) is 13.6. The molecule has 1 aromatic heterocycles. The van der Waals surface area contributed by atoms with Gasteiger partial charge in [-0.05, 0) is 37.3 Å². The maximum atomic E-state index is 13.4. The number of nitriles is 2. The molecule has 1 aliphatic heterocycles. The second-order valence-corrected chi connectivity index (χ2v) is 6.94. The van der Waals surface area contributed by atoms with Gasteiger partial charge < -0.3 is 14.8 Å². The van der Waals surface area contributed by atoms with Crippen molar-refractivity contribution in [2.75, 3.05) is 13.1 Å². The number of likely N-dealkylation sites (tertiary alicyclic amines) is 1. The van der Waals surface area contributed by atoms with Crippen LogP contribution in [-0.2, 0) is 11.3 Å². The number of carbonyl (C=O) groups is 1. The fourth-order valence-corrected chi connectivity index (χ4v) is 3.90. The fourth-order valence-electron chi connectivity index (χ4n) is 3.90. The van der Waals surface area contributed by atoms with Gasteiger partial charge in [0.1, 0.15) is 24.0 Å². The van der Waals surface area contributed by atoms with E-state index in [1.54, 1.807) is 0 Å². The zero-order chi connectivity index (χ0) is 17.8. The highest BCUT2D eigenvalue weighted by atomic mass is 19.1. The van der Waals surface area contributed by atoms with Gasteiger partial charge in [-0.3, -0.25) is 4.79 Å². The van der Waals surface area contributed by atoms with Crippen molar-refractivity contribution < 1.29 is 9.18 Å². The van der Waals surface area contributed by atoms with Crippen LogP contribution in [0.1, 0.15) is 31.4 Å². The molecule has 2 aliphatic rings. The van der Waals surface area contributed by atoms with Gasteiger partial charge in [-0.15, -0.1) is 0 Å². The molecule has 4 atom stereocenters. The first kappa shape index (κ1) is 17.4. The van der Waals surface area contributed by atoms with E-state index in [1.807, 2.05) is 29.0 Å². The van der Waals surface area contributed by atoms with E-state index in [2.05, 4.69) is 11.4 Å². The molecule has 1 aromatic rings. The summed E-state index contributed by atoms with van der Waals surface area (Å²) >= 11 is 0. The van der Waals surface area contributed by atoms with Gasteiger partial charge in [-0.2, -0.15) is 10.5 Å². The number of carbonyl (C=O) groups excluding carboxylic acids is 1. The number of halogens is 1. The lowest BCUT2D eigenvalue weighted by Gasteiger charge is -2.21. The molecule has 0 bridgehead atoms. The molecule has 2 fully saturated rings. The third-order valence-electron chi connectivity index (χ3n) is 5.20. The number of alkyl halides is 1. The summed E-state index contributed by atoms with van der Waals surface area (Å²) < 4.78 is 15.4. The minimum absolute atomic E-state index is 0.0244. The van der Waals surface area contributed by atoms with Crippen molar-refractivity contribution in [2.45, 2.75) is 50.5 Å². The molecule has 3 rings (SSSR count). The van der Waals surface area contributed by atoms with E-state index in [0.717, 1.165) is 25.8 Å². The first-order chi connectivity index (χ1) is 12.1. The van der Waals surface area contributed by atoms with Gasteiger partial charge in [-0.1, -0.05) is 0 Å². The Labute approximate surface area is 146 Å². The monoisotopic (exact) mass is 343 g/mol. The highest BCUT2D eigenvalue weighted by Gasteiger charge is 2.35. The van der Waals surface area contributed by atoms with Crippen LogP contribution in [0.15, 0.2) is 18.3 Å². The Balaban J connectivity index is 1.45. The standard InChI is InChI=1S/C18H22FN5O/c19-14-7-17(9-21)24(12-14)18(25)10-22-15-4-3-13(6-15)11-23-5-1-2-16(23)8-20/h1-2,5,13-15,17,22H,3-4,6-7,10-12H2. The van der Waals surface area contributed by atoms with Crippen molar-refractivity contribution in [3.63, 3.8) is 0 Å². The van der Waals surface area contributed by atoms with Crippen LogP contribution in [0, 0.1) is 28.6 Å². The summed E-state index contributed by atoms with van der Waals surface area (Å²) in [5.41, 5.74) is 0.670. The van der Waals surface area contributed by atoms with E-state index in [-0.39, 0.29) is 31.5 Å². The van der Waals surface area contributed by atoms with Crippen molar-refractivity contribution in [1.82, 2.24) is 14.8 Å². The largest absolute Gasteiger partial charge is 0.339 e. The molecule has 1 aliphatic carbocycles. The predicted molar refractivity (Wildman–Crippen MR) is 88.9 cm³/mol. The summed E-state index contributed by atoms with van der Waals surface area (Å²) in [6.07, 6.45) is 3.92. The van der Waals surface area contributed by atoms with Crippen LogP contribution in [0.25, 0.3) is 0 Å². The Kier molecular flexibility index (Phi) is 5.35. The molecule has 7 heteroatoms. The second-order valence-electron chi connectivity index (χ2n) is 6.94. The Morgan fingerprint density at radius 2 is 2.20 bits per heavy atom. The zero-order valence-electron chi connectivity index (χ0n) is 14.1. The Morgan fingerprint density at radius 3 is 2.96 bits per heavy atom. The molecule has 4 unspecified atom stereocenters. The Bertz CT molecular complexity index is 703. The maximum Gasteiger partial charge on any atom is 0.237 e. The van der Waals surface area contributed by atoms with Crippen LogP contribution in [0.3, 0.4) is 0 Å². The molecule has 1 saturated heterocycles. The summed E-state index contributed by atoms with van der Waals surface area (Å²) in [7, 11) is 0.